The van der Waals surface area contributed by atoms with E-state index < -0.39 is 5.92 Å². The van der Waals surface area contributed by atoms with E-state index in [-0.39, 0.29) is 11.8 Å². The summed E-state index contributed by atoms with van der Waals surface area (Å²) in [5.41, 5.74) is 0. The van der Waals surface area contributed by atoms with Crippen LogP contribution < -0.4 is 0 Å². The summed E-state index contributed by atoms with van der Waals surface area (Å²) in [6, 6.07) is 0. The molecule has 0 aromatic heterocycles. The molecule has 0 radical (unpaired) electrons. The van der Waals surface area contributed by atoms with Crippen LogP contribution in [0.5, 0.6) is 0 Å². The highest BCUT2D eigenvalue weighted by molar-refractivity contribution is 5.97. The van der Waals surface area contributed by atoms with Gasteiger partial charge in [-0.15, -0.1) is 0 Å². The van der Waals surface area contributed by atoms with Crippen molar-refractivity contribution in [2.45, 2.75) is 97.8 Å². The predicted octanol–water partition coefficient (Wildman–Crippen LogP) is 5.46. The fraction of sp³-hybridized carbons (Fsp3) is 0.895. The molecule has 3 nitrogen and oxygen atoms in total. The molecule has 1 unspecified atom stereocenters. The van der Waals surface area contributed by atoms with Crippen molar-refractivity contribution in [3.8, 4) is 0 Å². The zero-order valence-electron chi connectivity index (χ0n) is 15.0. The second kappa shape index (κ2) is 15.1. The lowest BCUT2D eigenvalue weighted by atomic mass is 10.1. The first-order valence-corrected chi connectivity index (χ1v) is 9.26. The fourth-order valence-electron chi connectivity index (χ4n) is 2.41. The maximum Gasteiger partial charge on any atom is 0.316 e. The van der Waals surface area contributed by atoms with Crippen LogP contribution >= 0.6 is 0 Å². The Balaban J connectivity index is 3.21. The highest BCUT2D eigenvalue weighted by Crippen LogP contribution is 2.12. The summed E-state index contributed by atoms with van der Waals surface area (Å²) in [6.45, 7) is 5.74. The number of Topliss-reactive ketones (excluding diaryl/α,β-unsaturated/α-hetero) is 1. The van der Waals surface area contributed by atoms with E-state index in [4.69, 9.17) is 4.74 Å². The fourth-order valence-corrected chi connectivity index (χ4v) is 2.41. The quantitative estimate of drug-likeness (QED) is 0.229. The Kier molecular flexibility index (Phi) is 14.5. The predicted molar refractivity (Wildman–Crippen MR) is 91.9 cm³/mol. The average Bonchev–Trinajstić information content (AvgIpc) is 2.50. The summed E-state index contributed by atoms with van der Waals surface area (Å²) >= 11 is 0. The Bertz CT molecular complexity index is 286. The Labute approximate surface area is 137 Å². The van der Waals surface area contributed by atoms with E-state index >= 15 is 0 Å². The van der Waals surface area contributed by atoms with Crippen molar-refractivity contribution in [3.63, 3.8) is 0 Å². The van der Waals surface area contributed by atoms with Gasteiger partial charge in [0.1, 0.15) is 11.7 Å². The van der Waals surface area contributed by atoms with Crippen molar-refractivity contribution in [2.24, 2.45) is 5.92 Å². The van der Waals surface area contributed by atoms with Crippen LogP contribution in [-0.4, -0.2) is 18.4 Å². The lowest BCUT2D eigenvalue weighted by Gasteiger charge is -2.08. The third-order valence-electron chi connectivity index (χ3n) is 4.21. The van der Waals surface area contributed by atoms with E-state index in [1.54, 1.807) is 6.92 Å². The third kappa shape index (κ3) is 12.8. The summed E-state index contributed by atoms with van der Waals surface area (Å²) in [5.74, 6) is -1.12. The highest BCUT2D eigenvalue weighted by Gasteiger charge is 2.18. The van der Waals surface area contributed by atoms with Crippen LogP contribution in [0.15, 0.2) is 0 Å². The monoisotopic (exact) mass is 312 g/mol. The molecule has 0 amide bonds. The highest BCUT2D eigenvalue weighted by atomic mass is 16.5. The number of unbranched alkanes of at least 4 members (excludes halogenated alkanes) is 11. The molecule has 1 atom stereocenters. The second-order valence-electron chi connectivity index (χ2n) is 6.39. The lowest BCUT2D eigenvalue weighted by molar-refractivity contribution is -0.150. The van der Waals surface area contributed by atoms with Crippen molar-refractivity contribution in [1.29, 1.82) is 0 Å². The minimum absolute atomic E-state index is 0.125. The normalized spacial score (nSPS) is 12.1. The summed E-state index contributed by atoms with van der Waals surface area (Å²) in [4.78, 5) is 22.5. The first-order valence-electron chi connectivity index (χ1n) is 9.26. The molecular weight excluding hydrogens is 276 g/mol. The molecule has 0 spiro atoms. The lowest BCUT2D eigenvalue weighted by Crippen LogP contribution is -2.21. The van der Waals surface area contributed by atoms with Gasteiger partial charge < -0.3 is 4.74 Å². The van der Waals surface area contributed by atoms with Gasteiger partial charge in [-0.25, -0.2) is 0 Å². The molecule has 0 aliphatic carbocycles. The summed E-state index contributed by atoms with van der Waals surface area (Å²) in [5, 5.41) is 0. The molecule has 0 heterocycles. The van der Waals surface area contributed by atoms with E-state index in [0.29, 0.717) is 6.61 Å². The van der Waals surface area contributed by atoms with E-state index in [2.05, 4.69) is 6.92 Å². The van der Waals surface area contributed by atoms with Crippen LogP contribution in [0.25, 0.3) is 0 Å². The standard InChI is InChI=1S/C19H36O3/c1-4-5-6-7-8-9-10-11-12-13-14-15-16-22-19(21)17(2)18(3)20/h17H,4-16H2,1-3H3. The number of carbonyl (C=O) groups is 2. The molecule has 0 aliphatic heterocycles. The minimum Gasteiger partial charge on any atom is -0.465 e. The van der Waals surface area contributed by atoms with Crippen molar-refractivity contribution in [1.82, 2.24) is 0 Å². The average molecular weight is 312 g/mol. The van der Waals surface area contributed by atoms with Gasteiger partial charge in [-0.1, -0.05) is 77.6 Å². The Morgan fingerprint density at radius 1 is 0.773 bits per heavy atom. The van der Waals surface area contributed by atoms with Gasteiger partial charge in [0.2, 0.25) is 0 Å². The molecule has 0 aromatic rings. The SMILES string of the molecule is CCCCCCCCCCCCCCOC(=O)C(C)C(C)=O. The second-order valence-corrected chi connectivity index (χ2v) is 6.39. The minimum atomic E-state index is -0.614. The van der Waals surface area contributed by atoms with Crippen LogP contribution in [0.1, 0.15) is 97.8 Å². The van der Waals surface area contributed by atoms with Gasteiger partial charge in [0, 0.05) is 0 Å². The van der Waals surface area contributed by atoms with E-state index in [1.165, 1.54) is 71.1 Å². The van der Waals surface area contributed by atoms with E-state index in [1.807, 2.05) is 0 Å². The molecule has 0 bridgehead atoms. The topological polar surface area (TPSA) is 43.4 Å². The number of hydrogen-bond acceptors (Lipinski definition) is 3. The third-order valence-corrected chi connectivity index (χ3v) is 4.21. The molecule has 3 heteroatoms. The van der Waals surface area contributed by atoms with Crippen LogP contribution in [0, 0.1) is 5.92 Å². The van der Waals surface area contributed by atoms with Gasteiger partial charge in [-0.05, 0) is 20.3 Å². The number of rotatable bonds is 15. The van der Waals surface area contributed by atoms with Crippen molar-refractivity contribution < 1.29 is 14.3 Å². The maximum atomic E-state index is 11.4. The summed E-state index contributed by atoms with van der Waals surface area (Å²) < 4.78 is 5.10. The Morgan fingerprint density at radius 3 is 1.59 bits per heavy atom. The van der Waals surface area contributed by atoms with Crippen LogP contribution in [0.4, 0.5) is 0 Å². The van der Waals surface area contributed by atoms with Gasteiger partial charge >= 0.3 is 5.97 Å². The van der Waals surface area contributed by atoms with Crippen LogP contribution in [0.3, 0.4) is 0 Å². The first-order chi connectivity index (χ1) is 10.6. The number of ketones is 1. The number of ether oxygens (including phenoxy) is 1. The number of carbonyl (C=O) groups excluding carboxylic acids is 2. The van der Waals surface area contributed by atoms with Crippen molar-refractivity contribution in [2.75, 3.05) is 6.61 Å². The zero-order chi connectivity index (χ0) is 16.6. The molecule has 22 heavy (non-hydrogen) atoms. The number of esters is 1. The largest absolute Gasteiger partial charge is 0.465 e. The molecule has 0 saturated carbocycles. The molecule has 0 aromatic carbocycles. The van der Waals surface area contributed by atoms with Crippen LogP contribution in [-0.2, 0) is 14.3 Å². The van der Waals surface area contributed by atoms with Gasteiger partial charge in [0.25, 0.3) is 0 Å². The molecule has 0 rings (SSSR count). The molecule has 0 N–H and O–H groups in total. The Morgan fingerprint density at radius 2 is 1.18 bits per heavy atom. The Hall–Kier alpha value is -0.860. The maximum absolute atomic E-state index is 11.4. The molecular formula is C19H36O3. The van der Waals surface area contributed by atoms with Crippen molar-refractivity contribution >= 4 is 11.8 Å². The molecule has 0 fully saturated rings. The molecule has 0 aliphatic rings. The van der Waals surface area contributed by atoms with E-state index in [0.717, 1.165) is 12.8 Å². The smallest absolute Gasteiger partial charge is 0.316 e. The molecule has 0 saturated heterocycles. The van der Waals surface area contributed by atoms with Gasteiger partial charge in [-0.3, -0.25) is 9.59 Å². The van der Waals surface area contributed by atoms with E-state index in [9.17, 15) is 9.59 Å². The zero-order valence-corrected chi connectivity index (χ0v) is 15.0. The van der Waals surface area contributed by atoms with Gasteiger partial charge in [0.05, 0.1) is 6.61 Å². The van der Waals surface area contributed by atoms with Gasteiger partial charge in [-0.2, -0.15) is 0 Å². The van der Waals surface area contributed by atoms with Crippen molar-refractivity contribution in [3.05, 3.63) is 0 Å². The summed E-state index contributed by atoms with van der Waals surface area (Å²) in [6.07, 6.45) is 15.5. The number of hydrogen-bond donors (Lipinski definition) is 0. The van der Waals surface area contributed by atoms with Gasteiger partial charge in [0.15, 0.2) is 0 Å². The summed E-state index contributed by atoms with van der Waals surface area (Å²) in [7, 11) is 0. The first kappa shape index (κ1) is 21.1. The molecule has 130 valence electrons. The van der Waals surface area contributed by atoms with Crippen LogP contribution in [0.2, 0.25) is 0 Å².